The molecule has 2 aliphatic heterocycles. The zero-order chi connectivity index (χ0) is 15.8. The van der Waals surface area contributed by atoms with Crippen LogP contribution in [0, 0.1) is 17.2 Å². The van der Waals surface area contributed by atoms with E-state index in [0.29, 0.717) is 17.4 Å². The molecule has 114 valence electrons. The Balaban J connectivity index is 1.81. The van der Waals surface area contributed by atoms with Crippen LogP contribution in [0.15, 0.2) is 42.5 Å². The Bertz CT molecular complexity index is 822. The Morgan fingerprint density at radius 1 is 1.04 bits per heavy atom. The highest BCUT2D eigenvalue weighted by Gasteiger charge is 2.34. The van der Waals surface area contributed by atoms with Gasteiger partial charge in [-0.2, -0.15) is 5.26 Å². The summed E-state index contributed by atoms with van der Waals surface area (Å²) in [6.45, 7) is 2.61. The van der Waals surface area contributed by atoms with E-state index in [4.69, 9.17) is 5.26 Å². The van der Waals surface area contributed by atoms with Crippen LogP contribution in [-0.2, 0) is 0 Å². The summed E-state index contributed by atoms with van der Waals surface area (Å²) in [6, 6.07) is 15.7. The van der Waals surface area contributed by atoms with Crippen molar-refractivity contribution in [1.29, 1.82) is 5.26 Å². The molecule has 2 aromatic rings. The SMILES string of the molecule is N#Cc1cccc(-c2ccc3c(c2)C(=O)NC[C@H]2CNC[C@H]32)c1. The van der Waals surface area contributed by atoms with Gasteiger partial charge in [0.2, 0.25) is 0 Å². The van der Waals surface area contributed by atoms with Gasteiger partial charge < -0.3 is 10.6 Å². The maximum absolute atomic E-state index is 12.5. The Labute approximate surface area is 135 Å². The summed E-state index contributed by atoms with van der Waals surface area (Å²) < 4.78 is 0. The quantitative estimate of drug-likeness (QED) is 0.849. The van der Waals surface area contributed by atoms with Gasteiger partial charge in [-0.15, -0.1) is 0 Å². The number of carbonyl (C=O) groups excluding carboxylic acids is 1. The predicted molar refractivity (Wildman–Crippen MR) is 88.0 cm³/mol. The molecule has 0 spiro atoms. The van der Waals surface area contributed by atoms with Gasteiger partial charge in [0.05, 0.1) is 11.6 Å². The molecule has 1 fully saturated rings. The van der Waals surface area contributed by atoms with Crippen LogP contribution >= 0.6 is 0 Å². The maximum Gasteiger partial charge on any atom is 0.251 e. The number of hydrogen-bond donors (Lipinski definition) is 2. The minimum absolute atomic E-state index is 0.00712. The molecule has 0 radical (unpaired) electrons. The zero-order valence-electron chi connectivity index (χ0n) is 12.7. The van der Waals surface area contributed by atoms with Crippen LogP contribution < -0.4 is 10.6 Å². The highest BCUT2D eigenvalue weighted by molar-refractivity contribution is 5.97. The summed E-state index contributed by atoms with van der Waals surface area (Å²) in [4.78, 5) is 12.5. The van der Waals surface area contributed by atoms with E-state index in [2.05, 4.69) is 28.8 Å². The molecule has 0 saturated carbocycles. The highest BCUT2D eigenvalue weighted by atomic mass is 16.1. The van der Waals surface area contributed by atoms with Crippen LogP contribution in [0.4, 0.5) is 0 Å². The first-order valence-electron chi connectivity index (χ1n) is 7.89. The fourth-order valence-corrected chi connectivity index (χ4v) is 3.65. The Morgan fingerprint density at radius 2 is 1.91 bits per heavy atom. The maximum atomic E-state index is 12.5. The van der Waals surface area contributed by atoms with Crippen molar-refractivity contribution in [2.45, 2.75) is 5.92 Å². The van der Waals surface area contributed by atoms with E-state index in [1.165, 1.54) is 0 Å². The van der Waals surface area contributed by atoms with Gasteiger partial charge in [0, 0.05) is 31.1 Å². The third kappa shape index (κ3) is 2.39. The lowest BCUT2D eigenvalue weighted by Gasteiger charge is -2.16. The molecule has 23 heavy (non-hydrogen) atoms. The van der Waals surface area contributed by atoms with E-state index in [0.717, 1.165) is 41.9 Å². The summed E-state index contributed by atoms with van der Waals surface area (Å²) in [7, 11) is 0. The molecule has 0 aromatic heterocycles. The van der Waals surface area contributed by atoms with Crippen molar-refractivity contribution < 1.29 is 4.79 Å². The number of rotatable bonds is 1. The van der Waals surface area contributed by atoms with Crippen LogP contribution in [0.2, 0.25) is 0 Å². The fraction of sp³-hybridized carbons (Fsp3) is 0.263. The van der Waals surface area contributed by atoms with E-state index in [1.807, 2.05) is 24.3 Å². The molecule has 2 heterocycles. The van der Waals surface area contributed by atoms with Crippen molar-refractivity contribution >= 4 is 5.91 Å². The van der Waals surface area contributed by atoms with Gasteiger partial charge in [-0.05, 0) is 40.8 Å². The van der Waals surface area contributed by atoms with Gasteiger partial charge in [0.1, 0.15) is 0 Å². The van der Waals surface area contributed by atoms with Gasteiger partial charge >= 0.3 is 0 Å². The number of benzene rings is 2. The Morgan fingerprint density at radius 3 is 2.78 bits per heavy atom. The fourth-order valence-electron chi connectivity index (χ4n) is 3.65. The van der Waals surface area contributed by atoms with E-state index < -0.39 is 0 Å². The van der Waals surface area contributed by atoms with Crippen LogP contribution in [0.3, 0.4) is 0 Å². The zero-order valence-corrected chi connectivity index (χ0v) is 12.7. The first-order chi connectivity index (χ1) is 11.3. The third-order valence-corrected chi connectivity index (χ3v) is 4.89. The smallest absolute Gasteiger partial charge is 0.251 e. The molecule has 2 N–H and O–H groups in total. The van der Waals surface area contributed by atoms with Gasteiger partial charge in [-0.1, -0.05) is 24.3 Å². The van der Waals surface area contributed by atoms with Crippen molar-refractivity contribution in [2.75, 3.05) is 19.6 Å². The lowest BCUT2D eigenvalue weighted by atomic mass is 9.86. The first kappa shape index (κ1) is 14.0. The number of hydrogen-bond acceptors (Lipinski definition) is 3. The van der Waals surface area contributed by atoms with Crippen molar-refractivity contribution in [1.82, 2.24) is 10.6 Å². The highest BCUT2D eigenvalue weighted by Crippen LogP contribution is 2.34. The minimum Gasteiger partial charge on any atom is -0.352 e. The van der Waals surface area contributed by atoms with Crippen molar-refractivity contribution in [3.05, 3.63) is 59.2 Å². The summed E-state index contributed by atoms with van der Waals surface area (Å²) in [6.07, 6.45) is 0. The molecule has 2 atom stereocenters. The second-order valence-corrected chi connectivity index (χ2v) is 6.23. The Hall–Kier alpha value is -2.64. The third-order valence-electron chi connectivity index (χ3n) is 4.89. The van der Waals surface area contributed by atoms with Crippen LogP contribution in [0.1, 0.15) is 27.4 Å². The number of nitrogens with zero attached hydrogens (tertiary/aromatic N) is 1. The van der Waals surface area contributed by atoms with Crippen molar-refractivity contribution in [3.63, 3.8) is 0 Å². The second-order valence-electron chi connectivity index (χ2n) is 6.23. The van der Waals surface area contributed by atoms with Crippen LogP contribution in [0.25, 0.3) is 11.1 Å². The largest absolute Gasteiger partial charge is 0.352 e. The van der Waals surface area contributed by atoms with Gasteiger partial charge in [0.25, 0.3) is 5.91 Å². The summed E-state index contributed by atoms with van der Waals surface area (Å²) in [5.74, 6) is 0.865. The number of nitriles is 1. The molecule has 1 saturated heterocycles. The van der Waals surface area contributed by atoms with E-state index in [-0.39, 0.29) is 5.91 Å². The molecule has 0 bridgehead atoms. The molecule has 0 unspecified atom stereocenters. The summed E-state index contributed by atoms with van der Waals surface area (Å²) in [5, 5.41) is 15.5. The van der Waals surface area contributed by atoms with Gasteiger partial charge in [-0.3, -0.25) is 4.79 Å². The molecule has 4 rings (SSSR count). The molecule has 1 amide bonds. The van der Waals surface area contributed by atoms with Crippen LogP contribution in [-0.4, -0.2) is 25.5 Å². The molecule has 2 aliphatic rings. The van der Waals surface area contributed by atoms with Crippen molar-refractivity contribution in [2.24, 2.45) is 5.92 Å². The topological polar surface area (TPSA) is 64.9 Å². The molecule has 4 heteroatoms. The second kappa shape index (κ2) is 5.53. The lowest BCUT2D eigenvalue weighted by molar-refractivity contribution is 0.0952. The minimum atomic E-state index is 0.00712. The van der Waals surface area contributed by atoms with Gasteiger partial charge in [-0.25, -0.2) is 0 Å². The average Bonchev–Trinajstić information content (AvgIpc) is 3.03. The average molecular weight is 303 g/mol. The molecule has 0 aliphatic carbocycles. The molecular weight excluding hydrogens is 286 g/mol. The van der Waals surface area contributed by atoms with E-state index in [9.17, 15) is 4.79 Å². The van der Waals surface area contributed by atoms with Crippen LogP contribution in [0.5, 0.6) is 0 Å². The number of fused-ring (bicyclic) bond motifs is 3. The molecule has 2 aromatic carbocycles. The Kier molecular flexibility index (Phi) is 3.36. The first-order valence-corrected chi connectivity index (χ1v) is 7.89. The lowest BCUT2D eigenvalue weighted by Crippen LogP contribution is -2.28. The summed E-state index contributed by atoms with van der Waals surface area (Å²) >= 11 is 0. The standard InChI is InChI=1S/C19H17N3O/c20-8-12-2-1-3-13(6-12)14-4-5-16-17(7-14)19(23)22-10-15-9-21-11-18(15)16/h1-7,15,18,21H,9-11H2,(H,22,23)/t15-,18+/m1/s1. The molecular formula is C19H17N3O. The number of amides is 1. The van der Waals surface area contributed by atoms with E-state index in [1.54, 1.807) is 6.07 Å². The predicted octanol–water partition coefficient (Wildman–Crippen LogP) is 2.27. The molecule has 4 nitrogen and oxygen atoms in total. The number of carbonyl (C=O) groups is 1. The summed E-state index contributed by atoms with van der Waals surface area (Å²) in [5.41, 5.74) is 4.46. The van der Waals surface area contributed by atoms with Gasteiger partial charge in [0.15, 0.2) is 0 Å². The number of nitrogens with one attached hydrogen (secondary N) is 2. The van der Waals surface area contributed by atoms with Crippen molar-refractivity contribution in [3.8, 4) is 17.2 Å². The monoisotopic (exact) mass is 303 g/mol. The normalized spacial score (nSPS) is 22.5. The van der Waals surface area contributed by atoms with E-state index >= 15 is 0 Å².